The zero-order valence-electron chi connectivity index (χ0n) is 11.7. The average molecular weight is 275 g/mol. The van der Waals surface area contributed by atoms with E-state index in [1.807, 2.05) is 25.2 Å². The summed E-state index contributed by atoms with van der Waals surface area (Å²) in [5, 5.41) is 3.23. The van der Waals surface area contributed by atoms with Crippen molar-refractivity contribution >= 4 is 0 Å². The van der Waals surface area contributed by atoms with E-state index in [9.17, 15) is 8.78 Å². The van der Waals surface area contributed by atoms with Crippen LogP contribution in [-0.2, 0) is 0 Å². The molecule has 0 spiro atoms. The zero-order chi connectivity index (χ0) is 14.5. The molecule has 2 aromatic rings. The molecule has 0 aliphatic rings. The number of halogens is 2. The maximum atomic E-state index is 13.4. The van der Waals surface area contributed by atoms with E-state index in [-0.39, 0.29) is 12.0 Å². The standard InChI is InChI=1S/C17H19F2N/c1-3-14(12-7-5-4-6-8-12)17(20-2)13-9-10-15(18)16(19)11-13/h4-11,14,17,20H,3H2,1-2H3. The molecule has 20 heavy (non-hydrogen) atoms. The number of hydrogen-bond donors (Lipinski definition) is 1. The van der Waals surface area contributed by atoms with Crippen LogP contribution in [0.5, 0.6) is 0 Å². The molecule has 0 aliphatic carbocycles. The molecular formula is C17H19F2N. The Kier molecular flexibility index (Phi) is 4.85. The lowest BCUT2D eigenvalue weighted by molar-refractivity contribution is 0.458. The van der Waals surface area contributed by atoms with Crippen molar-refractivity contribution in [2.24, 2.45) is 0 Å². The highest BCUT2D eigenvalue weighted by molar-refractivity contribution is 5.28. The summed E-state index contributed by atoms with van der Waals surface area (Å²) in [6, 6.07) is 14.2. The SMILES string of the molecule is CCC(c1ccccc1)C(NC)c1ccc(F)c(F)c1. The third-order valence-electron chi connectivity index (χ3n) is 3.68. The van der Waals surface area contributed by atoms with E-state index in [4.69, 9.17) is 0 Å². The van der Waals surface area contributed by atoms with Gasteiger partial charge in [-0.3, -0.25) is 0 Å². The van der Waals surface area contributed by atoms with Gasteiger partial charge in [-0.1, -0.05) is 43.3 Å². The maximum absolute atomic E-state index is 13.4. The number of benzene rings is 2. The van der Waals surface area contributed by atoms with Crippen LogP contribution >= 0.6 is 0 Å². The summed E-state index contributed by atoms with van der Waals surface area (Å²) in [5.74, 6) is -1.40. The van der Waals surface area contributed by atoms with Gasteiger partial charge in [-0.25, -0.2) is 8.78 Å². The predicted octanol–water partition coefficient (Wildman–Crippen LogP) is 4.42. The summed E-state index contributed by atoms with van der Waals surface area (Å²) in [5.41, 5.74) is 1.96. The normalized spacial score (nSPS) is 14.0. The van der Waals surface area contributed by atoms with Gasteiger partial charge in [0, 0.05) is 12.0 Å². The summed E-state index contributed by atoms with van der Waals surface area (Å²) in [4.78, 5) is 0. The Bertz CT molecular complexity index is 554. The van der Waals surface area contributed by atoms with E-state index in [2.05, 4.69) is 24.4 Å². The Hall–Kier alpha value is -1.74. The molecule has 0 saturated heterocycles. The third-order valence-corrected chi connectivity index (χ3v) is 3.68. The second kappa shape index (κ2) is 6.62. The number of nitrogens with one attached hydrogen (secondary N) is 1. The zero-order valence-corrected chi connectivity index (χ0v) is 11.7. The summed E-state index contributed by atoms with van der Waals surface area (Å²) in [6.45, 7) is 2.10. The molecule has 0 aromatic heterocycles. The van der Waals surface area contributed by atoms with Gasteiger partial charge in [0.2, 0.25) is 0 Å². The lowest BCUT2D eigenvalue weighted by atomic mass is 9.85. The lowest BCUT2D eigenvalue weighted by Gasteiger charge is -2.27. The van der Waals surface area contributed by atoms with Crippen LogP contribution < -0.4 is 5.32 Å². The molecule has 0 aliphatic heterocycles. The molecule has 0 amide bonds. The van der Waals surface area contributed by atoms with Gasteiger partial charge in [0.05, 0.1) is 0 Å². The van der Waals surface area contributed by atoms with Crippen LogP contribution in [0.4, 0.5) is 8.78 Å². The molecular weight excluding hydrogens is 256 g/mol. The van der Waals surface area contributed by atoms with Crippen molar-refractivity contribution in [2.45, 2.75) is 25.3 Å². The Labute approximate surface area is 118 Å². The van der Waals surface area contributed by atoms with Crippen molar-refractivity contribution in [3.63, 3.8) is 0 Å². The van der Waals surface area contributed by atoms with Crippen molar-refractivity contribution in [3.8, 4) is 0 Å². The molecule has 2 unspecified atom stereocenters. The van der Waals surface area contributed by atoms with Crippen LogP contribution in [0.15, 0.2) is 48.5 Å². The van der Waals surface area contributed by atoms with Gasteiger partial charge in [0.25, 0.3) is 0 Å². The fourth-order valence-electron chi connectivity index (χ4n) is 2.67. The minimum Gasteiger partial charge on any atom is -0.312 e. The maximum Gasteiger partial charge on any atom is 0.159 e. The number of rotatable bonds is 5. The van der Waals surface area contributed by atoms with E-state index >= 15 is 0 Å². The molecule has 3 heteroatoms. The van der Waals surface area contributed by atoms with Gasteiger partial charge < -0.3 is 5.32 Å². The minimum absolute atomic E-state index is 0.0440. The first-order chi connectivity index (χ1) is 9.67. The topological polar surface area (TPSA) is 12.0 Å². The van der Waals surface area contributed by atoms with Crippen molar-refractivity contribution in [3.05, 3.63) is 71.3 Å². The van der Waals surface area contributed by atoms with E-state index < -0.39 is 11.6 Å². The number of likely N-dealkylation sites (N-methyl/N-ethyl adjacent to an activating group) is 1. The van der Waals surface area contributed by atoms with Gasteiger partial charge in [-0.2, -0.15) is 0 Å². The Morgan fingerprint density at radius 1 is 0.950 bits per heavy atom. The van der Waals surface area contributed by atoms with Crippen LogP contribution in [-0.4, -0.2) is 7.05 Å². The van der Waals surface area contributed by atoms with E-state index in [0.29, 0.717) is 0 Å². The molecule has 2 atom stereocenters. The highest BCUT2D eigenvalue weighted by Crippen LogP contribution is 2.33. The molecule has 0 heterocycles. The van der Waals surface area contributed by atoms with Crippen molar-refractivity contribution in [1.82, 2.24) is 5.32 Å². The Balaban J connectivity index is 2.36. The van der Waals surface area contributed by atoms with Gasteiger partial charge in [0.1, 0.15) is 0 Å². The molecule has 0 saturated carbocycles. The first-order valence-electron chi connectivity index (χ1n) is 6.84. The van der Waals surface area contributed by atoms with Crippen LogP contribution in [0.1, 0.15) is 36.4 Å². The van der Waals surface area contributed by atoms with Crippen molar-refractivity contribution < 1.29 is 8.78 Å². The van der Waals surface area contributed by atoms with Gasteiger partial charge >= 0.3 is 0 Å². The summed E-state index contributed by atoms with van der Waals surface area (Å²) < 4.78 is 26.5. The molecule has 0 radical (unpaired) electrons. The van der Waals surface area contributed by atoms with E-state index in [0.717, 1.165) is 12.0 Å². The molecule has 0 fully saturated rings. The first kappa shape index (κ1) is 14.7. The number of hydrogen-bond acceptors (Lipinski definition) is 1. The summed E-state index contributed by atoms with van der Waals surface area (Å²) in [7, 11) is 1.84. The Morgan fingerprint density at radius 2 is 1.65 bits per heavy atom. The first-order valence-corrected chi connectivity index (χ1v) is 6.84. The Morgan fingerprint density at radius 3 is 2.20 bits per heavy atom. The quantitative estimate of drug-likeness (QED) is 0.851. The van der Waals surface area contributed by atoms with Crippen LogP contribution in [0.2, 0.25) is 0 Å². The highest BCUT2D eigenvalue weighted by atomic mass is 19.2. The predicted molar refractivity (Wildman–Crippen MR) is 77.6 cm³/mol. The van der Waals surface area contributed by atoms with Crippen molar-refractivity contribution in [2.75, 3.05) is 7.05 Å². The van der Waals surface area contributed by atoms with Crippen molar-refractivity contribution in [1.29, 1.82) is 0 Å². The highest BCUT2D eigenvalue weighted by Gasteiger charge is 2.22. The van der Waals surface area contributed by atoms with Gasteiger partial charge in [-0.15, -0.1) is 0 Å². The molecule has 2 rings (SSSR count). The van der Waals surface area contributed by atoms with Crippen LogP contribution in [0.25, 0.3) is 0 Å². The fraction of sp³-hybridized carbons (Fsp3) is 0.294. The molecule has 106 valence electrons. The van der Waals surface area contributed by atoms with Gasteiger partial charge in [0.15, 0.2) is 11.6 Å². The largest absolute Gasteiger partial charge is 0.312 e. The second-order valence-electron chi connectivity index (χ2n) is 4.87. The third kappa shape index (κ3) is 3.05. The molecule has 0 bridgehead atoms. The smallest absolute Gasteiger partial charge is 0.159 e. The molecule has 1 N–H and O–H groups in total. The summed E-state index contributed by atoms with van der Waals surface area (Å²) in [6.07, 6.45) is 0.911. The lowest BCUT2D eigenvalue weighted by Crippen LogP contribution is -2.24. The average Bonchev–Trinajstić information content (AvgIpc) is 2.48. The van der Waals surface area contributed by atoms with Gasteiger partial charge in [-0.05, 0) is 36.7 Å². The summed E-state index contributed by atoms with van der Waals surface area (Å²) >= 11 is 0. The molecule has 1 nitrogen and oxygen atoms in total. The monoisotopic (exact) mass is 275 g/mol. The van der Waals surface area contributed by atoms with E-state index in [1.54, 1.807) is 6.07 Å². The fourth-order valence-corrected chi connectivity index (χ4v) is 2.67. The minimum atomic E-state index is -0.809. The second-order valence-corrected chi connectivity index (χ2v) is 4.87. The molecule has 2 aromatic carbocycles. The van der Waals surface area contributed by atoms with E-state index in [1.165, 1.54) is 17.7 Å². The van der Waals surface area contributed by atoms with Crippen LogP contribution in [0, 0.1) is 11.6 Å². The van der Waals surface area contributed by atoms with Crippen LogP contribution in [0.3, 0.4) is 0 Å².